The summed E-state index contributed by atoms with van der Waals surface area (Å²) in [5.74, 6) is 0.510. The number of nitrogens with zero attached hydrogens (tertiary/aromatic N) is 5. The fraction of sp³-hybridized carbons (Fsp3) is 0.267. The predicted molar refractivity (Wildman–Crippen MR) is 80.2 cm³/mol. The number of rotatable bonds is 3. The third-order valence-electron chi connectivity index (χ3n) is 3.46. The van der Waals surface area contributed by atoms with Gasteiger partial charge in [-0.1, -0.05) is 5.16 Å². The molecule has 0 N–H and O–H groups in total. The average molecular weight is 297 g/mol. The zero-order chi connectivity index (χ0) is 15.7. The van der Waals surface area contributed by atoms with Crippen LogP contribution in [0.5, 0.6) is 0 Å². The first kappa shape index (κ1) is 14.1. The maximum absolute atomic E-state index is 12.6. The summed E-state index contributed by atoms with van der Waals surface area (Å²) in [6.07, 6.45) is 1.56. The van der Waals surface area contributed by atoms with E-state index in [0.717, 1.165) is 11.3 Å². The molecule has 0 aliphatic heterocycles. The molecular weight excluding hydrogens is 282 g/mol. The largest absolute Gasteiger partial charge is 0.333 e. The van der Waals surface area contributed by atoms with Crippen LogP contribution in [0.1, 0.15) is 18.2 Å². The summed E-state index contributed by atoms with van der Waals surface area (Å²) in [6.45, 7) is 6.27. The van der Waals surface area contributed by atoms with Crippen molar-refractivity contribution in [1.29, 1.82) is 0 Å². The van der Waals surface area contributed by atoms with E-state index in [-0.39, 0.29) is 11.4 Å². The molecule has 3 aromatic rings. The monoisotopic (exact) mass is 297 g/mol. The molecule has 0 saturated heterocycles. The van der Waals surface area contributed by atoms with Crippen molar-refractivity contribution >= 4 is 0 Å². The van der Waals surface area contributed by atoms with Crippen molar-refractivity contribution in [2.75, 3.05) is 0 Å². The Balaban J connectivity index is 2.14. The van der Waals surface area contributed by atoms with E-state index in [1.807, 2.05) is 26.8 Å². The summed E-state index contributed by atoms with van der Waals surface area (Å²) in [5.41, 5.74) is 2.51. The van der Waals surface area contributed by atoms with Gasteiger partial charge in [0.15, 0.2) is 0 Å². The first-order valence-electron chi connectivity index (χ1n) is 6.95. The van der Waals surface area contributed by atoms with Crippen LogP contribution in [0.15, 0.2) is 33.7 Å². The zero-order valence-corrected chi connectivity index (χ0v) is 12.6. The molecule has 0 spiro atoms. The second-order valence-corrected chi connectivity index (χ2v) is 4.93. The maximum Gasteiger partial charge on any atom is 0.264 e. The molecular formula is C15H15N5O2. The van der Waals surface area contributed by atoms with Gasteiger partial charge in [-0.25, -0.2) is 0 Å². The van der Waals surface area contributed by atoms with Gasteiger partial charge in [-0.2, -0.15) is 10.1 Å². The summed E-state index contributed by atoms with van der Waals surface area (Å²) in [7, 11) is 0. The molecule has 0 unspecified atom stereocenters. The Morgan fingerprint density at radius 3 is 2.82 bits per heavy atom. The van der Waals surface area contributed by atoms with E-state index < -0.39 is 0 Å². The minimum Gasteiger partial charge on any atom is -0.333 e. The molecule has 3 rings (SSSR count). The van der Waals surface area contributed by atoms with Crippen molar-refractivity contribution in [3.63, 3.8) is 0 Å². The first-order valence-corrected chi connectivity index (χ1v) is 6.95. The van der Waals surface area contributed by atoms with Crippen LogP contribution in [0.2, 0.25) is 0 Å². The van der Waals surface area contributed by atoms with Crippen LogP contribution in [0.25, 0.3) is 23.0 Å². The minimum absolute atomic E-state index is 0.130. The highest BCUT2D eigenvalue weighted by Gasteiger charge is 2.19. The standard InChI is InChI=1S/C15H15N5O2/c1-4-20-10(3)8-9(2)12(15(20)21)14-17-13(19-22-14)11-6-5-7-16-18-11/h5-8H,4H2,1-3H3. The van der Waals surface area contributed by atoms with Crippen LogP contribution in [-0.4, -0.2) is 24.9 Å². The van der Waals surface area contributed by atoms with Gasteiger partial charge in [0.25, 0.3) is 11.4 Å². The molecule has 7 heteroatoms. The van der Waals surface area contributed by atoms with E-state index in [1.165, 1.54) is 0 Å². The molecule has 0 atom stereocenters. The summed E-state index contributed by atoms with van der Waals surface area (Å²) in [5, 5.41) is 11.6. The van der Waals surface area contributed by atoms with E-state index in [9.17, 15) is 4.79 Å². The quantitative estimate of drug-likeness (QED) is 0.734. The minimum atomic E-state index is -0.130. The van der Waals surface area contributed by atoms with Crippen molar-refractivity contribution in [1.82, 2.24) is 24.9 Å². The summed E-state index contributed by atoms with van der Waals surface area (Å²) < 4.78 is 6.94. The van der Waals surface area contributed by atoms with Crippen molar-refractivity contribution in [3.8, 4) is 23.0 Å². The van der Waals surface area contributed by atoms with E-state index in [2.05, 4.69) is 20.3 Å². The van der Waals surface area contributed by atoms with Crippen LogP contribution in [0.4, 0.5) is 0 Å². The molecule has 22 heavy (non-hydrogen) atoms. The molecule has 0 fully saturated rings. The summed E-state index contributed by atoms with van der Waals surface area (Å²) in [4.78, 5) is 16.9. The molecule has 3 heterocycles. The Kier molecular flexibility index (Phi) is 3.54. The third-order valence-corrected chi connectivity index (χ3v) is 3.46. The Morgan fingerprint density at radius 2 is 2.14 bits per heavy atom. The Morgan fingerprint density at radius 1 is 1.32 bits per heavy atom. The first-order chi connectivity index (χ1) is 10.6. The lowest BCUT2D eigenvalue weighted by Crippen LogP contribution is -2.24. The number of aromatic nitrogens is 5. The van der Waals surface area contributed by atoms with E-state index >= 15 is 0 Å². The molecule has 112 valence electrons. The number of pyridine rings is 1. The normalized spacial score (nSPS) is 10.9. The lowest BCUT2D eigenvalue weighted by Gasteiger charge is -2.10. The van der Waals surface area contributed by atoms with Gasteiger partial charge in [-0.05, 0) is 44.5 Å². The van der Waals surface area contributed by atoms with Gasteiger partial charge in [-0.3, -0.25) is 4.79 Å². The molecule has 0 aliphatic rings. The van der Waals surface area contributed by atoms with Gasteiger partial charge in [0, 0.05) is 18.4 Å². The third kappa shape index (κ3) is 2.30. The number of hydrogen-bond donors (Lipinski definition) is 0. The van der Waals surface area contributed by atoms with Crippen LogP contribution < -0.4 is 5.56 Å². The van der Waals surface area contributed by atoms with Crippen LogP contribution in [0.3, 0.4) is 0 Å². The zero-order valence-electron chi connectivity index (χ0n) is 12.6. The number of hydrogen-bond acceptors (Lipinski definition) is 6. The molecule has 0 amide bonds. The molecule has 7 nitrogen and oxygen atoms in total. The molecule has 0 aromatic carbocycles. The van der Waals surface area contributed by atoms with Crippen LogP contribution >= 0.6 is 0 Å². The molecule has 0 radical (unpaired) electrons. The molecule has 0 bridgehead atoms. The molecule has 0 aliphatic carbocycles. The van der Waals surface area contributed by atoms with Gasteiger partial charge in [-0.15, -0.1) is 5.10 Å². The Labute approximate surface area is 126 Å². The Hall–Kier alpha value is -2.83. The van der Waals surface area contributed by atoms with Crippen molar-refractivity contribution in [3.05, 3.63) is 46.0 Å². The second kappa shape index (κ2) is 5.51. The van der Waals surface area contributed by atoms with E-state index in [4.69, 9.17) is 4.52 Å². The SMILES string of the molecule is CCn1c(C)cc(C)c(-c2nc(-c3cccnn3)no2)c1=O. The van der Waals surface area contributed by atoms with Gasteiger partial charge >= 0.3 is 0 Å². The highest BCUT2D eigenvalue weighted by Crippen LogP contribution is 2.21. The Bertz CT molecular complexity index is 867. The van der Waals surface area contributed by atoms with Gasteiger partial charge in [0.2, 0.25) is 5.82 Å². The van der Waals surface area contributed by atoms with Crippen LogP contribution in [-0.2, 0) is 6.54 Å². The van der Waals surface area contributed by atoms with E-state index in [0.29, 0.717) is 23.6 Å². The van der Waals surface area contributed by atoms with Crippen LogP contribution in [0, 0.1) is 13.8 Å². The van der Waals surface area contributed by atoms with E-state index in [1.54, 1.807) is 22.9 Å². The fourth-order valence-corrected chi connectivity index (χ4v) is 2.43. The van der Waals surface area contributed by atoms with Crippen molar-refractivity contribution in [2.45, 2.75) is 27.3 Å². The maximum atomic E-state index is 12.6. The lowest BCUT2D eigenvalue weighted by molar-refractivity contribution is 0.430. The topological polar surface area (TPSA) is 86.7 Å². The number of aryl methyl sites for hydroxylation is 2. The van der Waals surface area contributed by atoms with Gasteiger partial charge in [0.1, 0.15) is 11.3 Å². The van der Waals surface area contributed by atoms with Crippen molar-refractivity contribution < 1.29 is 4.52 Å². The lowest BCUT2D eigenvalue weighted by atomic mass is 10.1. The predicted octanol–water partition coefficient (Wildman–Crippen LogP) is 1.99. The summed E-state index contributed by atoms with van der Waals surface area (Å²) in [6, 6.07) is 5.40. The molecule has 0 saturated carbocycles. The van der Waals surface area contributed by atoms with Crippen molar-refractivity contribution in [2.24, 2.45) is 0 Å². The average Bonchev–Trinajstić information content (AvgIpc) is 2.97. The van der Waals surface area contributed by atoms with Gasteiger partial charge in [0.05, 0.1) is 0 Å². The molecule has 3 aromatic heterocycles. The fourth-order valence-electron chi connectivity index (χ4n) is 2.43. The van der Waals surface area contributed by atoms with Gasteiger partial charge < -0.3 is 9.09 Å². The smallest absolute Gasteiger partial charge is 0.264 e. The highest BCUT2D eigenvalue weighted by molar-refractivity contribution is 5.60. The highest BCUT2D eigenvalue weighted by atomic mass is 16.5. The summed E-state index contributed by atoms with van der Waals surface area (Å²) >= 11 is 0. The second-order valence-electron chi connectivity index (χ2n) is 4.93.